The SMILES string of the molecule is CN=C(NCC(C)N1CCOCC1C)NCC1(N2CCOCC2)CCCCC1.I. The van der Waals surface area contributed by atoms with E-state index in [1.165, 1.54) is 32.1 Å². The zero-order chi connectivity index (χ0) is 19.8. The Morgan fingerprint density at radius 2 is 1.76 bits per heavy atom. The maximum Gasteiger partial charge on any atom is 0.191 e. The molecule has 3 fully saturated rings. The number of nitrogens with one attached hydrogen (secondary N) is 2. The lowest BCUT2D eigenvalue weighted by Crippen LogP contribution is -2.61. The van der Waals surface area contributed by atoms with Gasteiger partial charge in [0.05, 0.1) is 26.4 Å². The van der Waals surface area contributed by atoms with Crippen molar-refractivity contribution in [3.63, 3.8) is 0 Å². The second kappa shape index (κ2) is 12.6. The Labute approximate surface area is 194 Å². The minimum atomic E-state index is 0. The molecule has 3 rings (SSSR count). The summed E-state index contributed by atoms with van der Waals surface area (Å²) in [6, 6.07) is 0.938. The molecule has 0 aromatic carbocycles. The Balaban J connectivity index is 0.00000300. The number of hydrogen-bond donors (Lipinski definition) is 2. The van der Waals surface area contributed by atoms with E-state index in [0.29, 0.717) is 12.1 Å². The van der Waals surface area contributed by atoms with Crippen molar-refractivity contribution in [2.75, 3.05) is 66.2 Å². The van der Waals surface area contributed by atoms with Crippen LogP contribution in [0.3, 0.4) is 0 Å². The minimum absolute atomic E-state index is 0. The van der Waals surface area contributed by atoms with Crippen molar-refractivity contribution in [3.8, 4) is 0 Å². The number of rotatable bonds is 6. The number of aliphatic imine (C=N–C) groups is 1. The highest BCUT2D eigenvalue weighted by Gasteiger charge is 2.38. The Morgan fingerprint density at radius 1 is 1.07 bits per heavy atom. The second-order valence-electron chi connectivity index (χ2n) is 8.70. The molecule has 170 valence electrons. The highest BCUT2D eigenvalue weighted by Crippen LogP contribution is 2.33. The molecule has 0 aromatic heterocycles. The van der Waals surface area contributed by atoms with Gasteiger partial charge in [0, 0.05) is 57.4 Å². The molecule has 8 heteroatoms. The summed E-state index contributed by atoms with van der Waals surface area (Å²) in [4.78, 5) is 9.70. The van der Waals surface area contributed by atoms with E-state index in [1.54, 1.807) is 0 Å². The third-order valence-corrected chi connectivity index (χ3v) is 6.82. The van der Waals surface area contributed by atoms with E-state index in [9.17, 15) is 0 Å². The zero-order valence-electron chi connectivity index (χ0n) is 18.6. The summed E-state index contributed by atoms with van der Waals surface area (Å²) in [5, 5.41) is 7.22. The lowest BCUT2D eigenvalue weighted by Gasteiger charge is -2.48. The summed E-state index contributed by atoms with van der Waals surface area (Å²) in [5.74, 6) is 0.922. The maximum absolute atomic E-state index is 5.60. The predicted molar refractivity (Wildman–Crippen MR) is 129 cm³/mol. The van der Waals surface area contributed by atoms with Gasteiger partial charge in [0.1, 0.15) is 0 Å². The monoisotopic (exact) mass is 523 g/mol. The summed E-state index contributed by atoms with van der Waals surface area (Å²) in [6.07, 6.45) is 6.58. The number of ether oxygens (including phenoxy) is 2. The van der Waals surface area contributed by atoms with Gasteiger partial charge in [-0.2, -0.15) is 0 Å². The van der Waals surface area contributed by atoms with Gasteiger partial charge in [-0.15, -0.1) is 24.0 Å². The summed E-state index contributed by atoms with van der Waals surface area (Å²) >= 11 is 0. The van der Waals surface area contributed by atoms with Gasteiger partial charge in [-0.1, -0.05) is 19.3 Å². The normalized spacial score (nSPS) is 27.7. The molecule has 0 bridgehead atoms. The molecule has 1 saturated carbocycles. The standard InChI is InChI=1S/C21H41N5O2.HI/c1-18(26-11-14-28-16-19(26)2)15-23-20(22-3)24-17-21(7-5-4-6-8-21)25-9-12-27-13-10-25;/h18-19H,4-17H2,1-3H3,(H2,22,23,24);1H. The van der Waals surface area contributed by atoms with Crippen molar-refractivity contribution >= 4 is 29.9 Å². The van der Waals surface area contributed by atoms with Crippen LogP contribution in [0.4, 0.5) is 0 Å². The van der Waals surface area contributed by atoms with Crippen LogP contribution in [0.2, 0.25) is 0 Å². The number of hydrogen-bond acceptors (Lipinski definition) is 5. The van der Waals surface area contributed by atoms with E-state index in [0.717, 1.165) is 65.1 Å². The van der Waals surface area contributed by atoms with Crippen molar-refractivity contribution in [1.82, 2.24) is 20.4 Å². The van der Waals surface area contributed by atoms with Crippen molar-refractivity contribution in [3.05, 3.63) is 0 Å². The van der Waals surface area contributed by atoms with Crippen LogP contribution < -0.4 is 10.6 Å². The molecule has 2 aliphatic heterocycles. The fraction of sp³-hybridized carbons (Fsp3) is 0.952. The molecule has 3 aliphatic rings. The van der Waals surface area contributed by atoms with Crippen LogP contribution in [0.5, 0.6) is 0 Å². The van der Waals surface area contributed by atoms with Crippen LogP contribution in [0.25, 0.3) is 0 Å². The fourth-order valence-electron chi connectivity index (χ4n) is 5.08. The van der Waals surface area contributed by atoms with Gasteiger partial charge in [0.25, 0.3) is 0 Å². The molecule has 0 radical (unpaired) electrons. The molecule has 2 heterocycles. The van der Waals surface area contributed by atoms with E-state index in [4.69, 9.17) is 9.47 Å². The van der Waals surface area contributed by atoms with Gasteiger partial charge >= 0.3 is 0 Å². The first-order valence-corrected chi connectivity index (χ1v) is 11.3. The van der Waals surface area contributed by atoms with E-state index in [-0.39, 0.29) is 29.5 Å². The molecule has 29 heavy (non-hydrogen) atoms. The highest BCUT2D eigenvalue weighted by molar-refractivity contribution is 14.0. The average Bonchev–Trinajstić information content (AvgIpc) is 2.75. The Hall–Kier alpha value is -0.160. The van der Waals surface area contributed by atoms with E-state index >= 15 is 0 Å². The first-order chi connectivity index (χ1) is 13.6. The molecule has 2 N–H and O–H groups in total. The lowest BCUT2D eigenvalue weighted by molar-refractivity contribution is -0.0353. The van der Waals surface area contributed by atoms with E-state index < -0.39 is 0 Å². The molecular formula is C21H42IN5O2. The summed E-state index contributed by atoms with van der Waals surface area (Å²) < 4.78 is 11.2. The molecule has 7 nitrogen and oxygen atoms in total. The summed E-state index contributed by atoms with van der Waals surface area (Å²) in [5.41, 5.74) is 0.254. The van der Waals surface area contributed by atoms with Gasteiger partial charge in [-0.25, -0.2) is 0 Å². The maximum atomic E-state index is 5.60. The number of guanidine groups is 1. The van der Waals surface area contributed by atoms with Gasteiger partial charge in [0.15, 0.2) is 5.96 Å². The minimum Gasteiger partial charge on any atom is -0.379 e. The Bertz CT molecular complexity index is 495. The van der Waals surface area contributed by atoms with Crippen molar-refractivity contribution < 1.29 is 9.47 Å². The topological polar surface area (TPSA) is 61.4 Å². The Morgan fingerprint density at radius 3 is 2.41 bits per heavy atom. The van der Waals surface area contributed by atoms with E-state index in [2.05, 4.69) is 39.3 Å². The Kier molecular flexibility index (Phi) is 10.9. The van der Waals surface area contributed by atoms with Gasteiger partial charge in [-0.05, 0) is 26.7 Å². The van der Waals surface area contributed by atoms with Gasteiger partial charge in [0.2, 0.25) is 0 Å². The van der Waals surface area contributed by atoms with Crippen LogP contribution in [0.15, 0.2) is 4.99 Å². The molecule has 0 aromatic rings. The highest BCUT2D eigenvalue weighted by atomic mass is 127. The second-order valence-corrected chi connectivity index (χ2v) is 8.70. The van der Waals surface area contributed by atoms with Crippen molar-refractivity contribution in [2.24, 2.45) is 4.99 Å². The molecule has 0 spiro atoms. The third kappa shape index (κ3) is 6.92. The van der Waals surface area contributed by atoms with Crippen LogP contribution >= 0.6 is 24.0 Å². The van der Waals surface area contributed by atoms with Crippen molar-refractivity contribution in [1.29, 1.82) is 0 Å². The van der Waals surface area contributed by atoms with Gasteiger partial charge in [-0.3, -0.25) is 14.8 Å². The van der Waals surface area contributed by atoms with Crippen LogP contribution in [-0.4, -0.2) is 99.6 Å². The fourth-order valence-corrected chi connectivity index (χ4v) is 5.08. The largest absolute Gasteiger partial charge is 0.379 e. The smallest absolute Gasteiger partial charge is 0.191 e. The first-order valence-electron chi connectivity index (χ1n) is 11.3. The molecule has 2 unspecified atom stereocenters. The van der Waals surface area contributed by atoms with Crippen molar-refractivity contribution in [2.45, 2.75) is 63.6 Å². The number of morpholine rings is 2. The first kappa shape index (κ1) is 25.1. The van der Waals surface area contributed by atoms with Crippen LogP contribution in [-0.2, 0) is 9.47 Å². The number of nitrogens with zero attached hydrogens (tertiary/aromatic N) is 3. The molecule has 2 saturated heterocycles. The number of halogens is 1. The zero-order valence-corrected chi connectivity index (χ0v) is 21.0. The van der Waals surface area contributed by atoms with Crippen LogP contribution in [0.1, 0.15) is 46.0 Å². The summed E-state index contributed by atoms with van der Waals surface area (Å²) in [6.45, 7) is 12.9. The van der Waals surface area contributed by atoms with Gasteiger partial charge < -0.3 is 20.1 Å². The summed E-state index contributed by atoms with van der Waals surface area (Å²) in [7, 11) is 1.87. The lowest BCUT2D eigenvalue weighted by atomic mass is 9.80. The molecule has 1 aliphatic carbocycles. The quantitative estimate of drug-likeness (QED) is 0.315. The molecule has 2 atom stereocenters. The third-order valence-electron chi connectivity index (χ3n) is 6.82. The van der Waals surface area contributed by atoms with Crippen LogP contribution in [0, 0.1) is 0 Å². The molecular weight excluding hydrogens is 481 g/mol. The molecule has 0 amide bonds. The average molecular weight is 524 g/mol. The predicted octanol–water partition coefficient (Wildman–Crippen LogP) is 1.91. The van der Waals surface area contributed by atoms with E-state index in [1.807, 2.05) is 7.05 Å².